The molecule has 0 unspecified atom stereocenters. The number of ketones is 2. The first-order chi connectivity index (χ1) is 9.73. The van der Waals surface area contributed by atoms with Crippen molar-refractivity contribution in [1.29, 1.82) is 0 Å². The SMILES string of the molecule is CC1=C(Cl)C(=O)C(Oc2c(Cl)cc(Cl)c(C)c2Cl)=CC1=O. The van der Waals surface area contributed by atoms with Crippen LogP contribution in [0, 0.1) is 6.92 Å². The lowest BCUT2D eigenvalue weighted by Crippen LogP contribution is -2.19. The average Bonchev–Trinajstić information content (AvgIpc) is 2.44. The number of benzene rings is 1. The van der Waals surface area contributed by atoms with E-state index in [0.717, 1.165) is 6.08 Å². The minimum Gasteiger partial charge on any atom is -0.450 e. The second kappa shape index (κ2) is 6.01. The third kappa shape index (κ3) is 2.97. The Hall–Kier alpha value is -1.00. The Balaban J connectivity index is 2.45. The van der Waals surface area contributed by atoms with Crippen LogP contribution >= 0.6 is 46.4 Å². The number of carbonyl (C=O) groups is 2. The number of halogens is 4. The van der Waals surface area contributed by atoms with Crippen molar-refractivity contribution in [3.05, 3.63) is 49.1 Å². The van der Waals surface area contributed by atoms with Gasteiger partial charge in [0.05, 0.1) is 15.1 Å². The topological polar surface area (TPSA) is 43.4 Å². The molecule has 0 radical (unpaired) electrons. The molecule has 3 nitrogen and oxygen atoms in total. The van der Waals surface area contributed by atoms with Gasteiger partial charge in [0.1, 0.15) is 0 Å². The molecule has 0 N–H and O–H groups in total. The predicted octanol–water partition coefficient (Wildman–Crippen LogP) is 4.88. The van der Waals surface area contributed by atoms with Gasteiger partial charge < -0.3 is 4.74 Å². The Labute approximate surface area is 141 Å². The molecule has 1 aliphatic rings. The summed E-state index contributed by atoms with van der Waals surface area (Å²) in [6.07, 6.45) is 1.06. The normalized spacial score (nSPS) is 15.4. The number of hydrogen-bond acceptors (Lipinski definition) is 3. The monoisotopic (exact) mass is 364 g/mol. The van der Waals surface area contributed by atoms with Crippen molar-refractivity contribution in [1.82, 2.24) is 0 Å². The van der Waals surface area contributed by atoms with E-state index in [1.807, 2.05) is 0 Å². The Morgan fingerprint density at radius 1 is 1.00 bits per heavy atom. The summed E-state index contributed by atoms with van der Waals surface area (Å²) in [6, 6.07) is 1.44. The van der Waals surface area contributed by atoms with E-state index in [-0.39, 0.29) is 32.2 Å². The zero-order chi connectivity index (χ0) is 15.9. The lowest BCUT2D eigenvalue weighted by molar-refractivity contribution is -0.116. The lowest BCUT2D eigenvalue weighted by Gasteiger charge is -2.16. The van der Waals surface area contributed by atoms with Gasteiger partial charge in [-0.15, -0.1) is 0 Å². The summed E-state index contributed by atoms with van der Waals surface area (Å²) in [7, 11) is 0. The summed E-state index contributed by atoms with van der Waals surface area (Å²) >= 11 is 23.9. The quantitative estimate of drug-likeness (QED) is 0.701. The smallest absolute Gasteiger partial charge is 0.240 e. The molecule has 1 aliphatic carbocycles. The summed E-state index contributed by atoms with van der Waals surface area (Å²) in [4.78, 5) is 23.7. The fourth-order valence-electron chi connectivity index (χ4n) is 1.62. The highest BCUT2D eigenvalue weighted by molar-refractivity contribution is 6.48. The van der Waals surface area contributed by atoms with Gasteiger partial charge in [-0.2, -0.15) is 0 Å². The molecule has 21 heavy (non-hydrogen) atoms. The zero-order valence-electron chi connectivity index (χ0n) is 10.9. The van der Waals surface area contributed by atoms with Crippen molar-refractivity contribution < 1.29 is 14.3 Å². The zero-order valence-corrected chi connectivity index (χ0v) is 13.9. The van der Waals surface area contributed by atoms with Crippen molar-refractivity contribution in [3.8, 4) is 5.75 Å². The number of ether oxygens (including phenoxy) is 1. The van der Waals surface area contributed by atoms with Gasteiger partial charge in [0.2, 0.25) is 5.78 Å². The maximum Gasteiger partial charge on any atom is 0.240 e. The van der Waals surface area contributed by atoms with Gasteiger partial charge in [0, 0.05) is 16.7 Å². The van der Waals surface area contributed by atoms with Gasteiger partial charge in [-0.1, -0.05) is 46.4 Å². The standard InChI is InChI=1S/C14H8Cl4O3/c1-5-7(15)3-8(16)14(12(5)18)21-10-4-9(19)6(2)11(17)13(10)20/h3-4H,1-2H3. The molecule has 7 heteroatoms. The fraction of sp³-hybridized carbons (Fsp3) is 0.143. The molecule has 0 aliphatic heterocycles. The molecule has 0 saturated heterocycles. The van der Waals surface area contributed by atoms with Gasteiger partial charge in [-0.3, -0.25) is 9.59 Å². The highest BCUT2D eigenvalue weighted by atomic mass is 35.5. The predicted molar refractivity (Wildman–Crippen MR) is 83.5 cm³/mol. The number of Topliss-reactive ketones (excluding diaryl/α,β-unsaturated/α-hetero) is 1. The molecule has 2 rings (SSSR count). The summed E-state index contributed by atoms with van der Waals surface area (Å²) in [5.74, 6) is -1.20. The second-order valence-corrected chi connectivity index (χ2v) is 5.92. The van der Waals surface area contributed by atoms with Crippen LogP contribution in [-0.2, 0) is 9.59 Å². The Kier molecular flexibility index (Phi) is 4.69. The maximum absolute atomic E-state index is 12.0. The van der Waals surface area contributed by atoms with Crippen LogP contribution in [0.4, 0.5) is 0 Å². The van der Waals surface area contributed by atoms with Gasteiger partial charge in [-0.05, 0) is 25.5 Å². The van der Waals surface area contributed by atoms with Gasteiger partial charge in [0.15, 0.2) is 17.3 Å². The Bertz CT molecular complexity index is 732. The lowest BCUT2D eigenvalue weighted by atomic mass is 10.0. The average molecular weight is 366 g/mol. The van der Waals surface area contributed by atoms with Crippen molar-refractivity contribution >= 4 is 58.0 Å². The number of hydrogen-bond donors (Lipinski definition) is 0. The second-order valence-electron chi connectivity index (χ2n) is 4.35. The highest BCUT2D eigenvalue weighted by Gasteiger charge is 2.28. The minimum absolute atomic E-state index is 0.0525. The molecule has 0 fully saturated rings. The van der Waals surface area contributed by atoms with E-state index in [0.29, 0.717) is 10.6 Å². The van der Waals surface area contributed by atoms with E-state index in [1.54, 1.807) is 6.92 Å². The van der Waals surface area contributed by atoms with Crippen molar-refractivity contribution in [3.63, 3.8) is 0 Å². The number of rotatable bonds is 2. The number of carbonyl (C=O) groups excluding carboxylic acids is 2. The van der Waals surface area contributed by atoms with Crippen LogP contribution in [-0.4, -0.2) is 11.6 Å². The number of allylic oxidation sites excluding steroid dienone is 3. The van der Waals surface area contributed by atoms with Crippen molar-refractivity contribution in [2.45, 2.75) is 13.8 Å². The highest BCUT2D eigenvalue weighted by Crippen LogP contribution is 2.41. The minimum atomic E-state index is -0.603. The molecular formula is C14H8Cl4O3. The molecule has 0 heterocycles. The van der Waals surface area contributed by atoms with Crippen LogP contribution in [0.15, 0.2) is 28.5 Å². The van der Waals surface area contributed by atoms with Gasteiger partial charge >= 0.3 is 0 Å². The summed E-state index contributed by atoms with van der Waals surface area (Å²) in [5.41, 5.74) is 0.712. The molecule has 1 aromatic carbocycles. The van der Waals surface area contributed by atoms with Gasteiger partial charge in [-0.25, -0.2) is 0 Å². The molecular weight excluding hydrogens is 358 g/mol. The third-order valence-corrected chi connectivity index (χ3v) is 4.54. The first-order valence-corrected chi connectivity index (χ1v) is 7.24. The van der Waals surface area contributed by atoms with Crippen LogP contribution < -0.4 is 4.74 Å². The molecule has 0 amide bonds. The molecule has 1 aromatic rings. The fourth-order valence-corrected chi connectivity index (χ4v) is 2.65. The van der Waals surface area contributed by atoms with Crippen LogP contribution in [0.3, 0.4) is 0 Å². The van der Waals surface area contributed by atoms with Crippen LogP contribution in [0.1, 0.15) is 12.5 Å². The van der Waals surface area contributed by atoms with E-state index in [4.69, 9.17) is 51.1 Å². The molecule has 0 atom stereocenters. The van der Waals surface area contributed by atoms with E-state index < -0.39 is 11.6 Å². The Morgan fingerprint density at radius 2 is 1.62 bits per heavy atom. The van der Waals surface area contributed by atoms with Crippen LogP contribution in [0.5, 0.6) is 5.75 Å². The maximum atomic E-state index is 12.0. The third-order valence-electron chi connectivity index (χ3n) is 2.95. The van der Waals surface area contributed by atoms with Crippen LogP contribution in [0.25, 0.3) is 0 Å². The first-order valence-electron chi connectivity index (χ1n) is 5.73. The first kappa shape index (κ1) is 16.4. The van der Waals surface area contributed by atoms with Crippen molar-refractivity contribution in [2.75, 3.05) is 0 Å². The van der Waals surface area contributed by atoms with Crippen molar-refractivity contribution in [2.24, 2.45) is 0 Å². The van der Waals surface area contributed by atoms with Gasteiger partial charge in [0.25, 0.3) is 0 Å². The summed E-state index contributed by atoms with van der Waals surface area (Å²) < 4.78 is 5.40. The summed E-state index contributed by atoms with van der Waals surface area (Å²) in [5, 5.41) is 0.469. The molecule has 0 bridgehead atoms. The molecule has 0 spiro atoms. The molecule has 0 saturated carbocycles. The Morgan fingerprint density at radius 3 is 2.24 bits per heavy atom. The van der Waals surface area contributed by atoms with E-state index in [2.05, 4.69) is 0 Å². The van der Waals surface area contributed by atoms with E-state index in [1.165, 1.54) is 13.0 Å². The largest absolute Gasteiger partial charge is 0.450 e. The van der Waals surface area contributed by atoms with E-state index >= 15 is 0 Å². The van der Waals surface area contributed by atoms with Crippen LogP contribution in [0.2, 0.25) is 15.1 Å². The summed E-state index contributed by atoms with van der Waals surface area (Å²) in [6.45, 7) is 3.13. The van der Waals surface area contributed by atoms with E-state index in [9.17, 15) is 9.59 Å². The molecule has 0 aromatic heterocycles. The molecule has 110 valence electrons.